The van der Waals surface area contributed by atoms with Crippen LogP contribution >= 0.6 is 0 Å². The van der Waals surface area contributed by atoms with E-state index in [-0.39, 0.29) is 163 Å². The molecule has 4 aromatic carbocycles. The molecule has 2 heterocycles. The van der Waals surface area contributed by atoms with Gasteiger partial charge in [-0.05, 0) is 48.5 Å². The number of benzene rings is 4. The van der Waals surface area contributed by atoms with E-state index in [1.165, 1.54) is 38.1 Å². The van der Waals surface area contributed by atoms with Gasteiger partial charge in [0.1, 0.15) is 31.6 Å². The van der Waals surface area contributed by atoms with Crippen LogP contribution in [0, 0.1) is 34.1 Å². The Labute approximate surface area is 425 Å². The Hall–Kier alpha value is -4.16. The van der Waals surface area contributed by atoms with Crippen molar-refractivity contribution in [2.24, 2.45) is 20.5 Å². The Morgan fingerprint density at radius 2 is 0.855 bits per heavy atom. The molecule has 0 aliphatic carbocycles. The topological polar surface area (TPSA) is 368 Å². The second-order valence-electron chi connectivity index (χ2n) is 11.4. The summed E-state index contributed by atoms with van der Waals surface area (Å²) in [4.78, 5) is 44.3. The molecular weight excluding hydrogens is 937 g/mol. The molecule has 0 saturated carbocycles. The van der Waals surface area contributed by atoms with E-state index in [0.29, 0.717) is 0 Å². The van der Waals surface area contributed by atoms with E-state index in [1.807, 2.05) is 0 Å². The molecule has 0 bridgehead atoms. The average molecular weight is 958 g/mol. The molecule has 0 saturated heterocycles. The van der Waals surface area contributed by atoms with Crippen LogP contribution in [0.2, 0.25) is 0 Å². The minimum absolute atomic E-state index is 0. The predicted octanol–water partition coefficient (Wildman–Crippen LogP) is -6.18. The summed E-state index contributed by atoms with van der Waals surface area (Å²) in [6.45, 7) is 2.91. The fraction of sp³-hybridized carbons (Fsp3) is 0.0625. The molecule has 0 aliphatic heterocycles. The summed E-state index contributed by atoms with van der Waals surface area (Å²) in [6, 6.07) is 14.8. The van der Waals surface area contributed by atoms with E-state index in [1.54, 1.807) is 0 Å². The molecule has 30 heteroatoms. The third-order valence-electron chi connectivity index (χ3n) is 7.54. The number of azo groups is 2. The Morgan fingerprint density at radius 1 is 0.548 bits per heavy atom. The van der Waals surface area contributed by atoms with Crippen LogP contribution in [-0.2, 0) is 37.3 Å². The van der Waals surface area contributed by atoms with Gasteiger partial charge in [-0.15, -0.1) is 21.6 Å². The Bertz CT molecular complexity index is 2810. The minimum atomic E-state index is -4.64. The van der Waals surface area contributed by atoms with Gasteiger partial charge in [-0.3, -0.25) is 29.8 Å². The van der Waals surface area contributed by atoms with Gasteiger partial charge in [0, 0.05) is 35.6 Å². The van der Waals surface area contributed by atoms with E-state index in [4.69, 9.17) is 0 Å². The van der Waals surface area contributed by atoms with Crippen molar-refractivity contribution in [1.29, 1.82) is 0 Å². The third-order valence-corrected chi connectivity index (χ3v) is 9.24. The predicted molar refractivity (Wildman–Crippen MR) is 190 cm³/mol. The second-order valence-corrected chi connectivity index (χ2v) is 14.2. The smallest absolute Gasteiger partial charge is 0.871 e. The summed E-state index contributed by atoms with van der Waals surface area (Å²) in [6.07, 6.45) is 0. The van der Waals surface area contributed by atoms with Crippen molar-refractivity contribution in [3.05, 3.63) is 137 Å². The molecule has 0 unspecified atom stereocenters. The number of nitro benzene ring substituents is 2. The molecule has 0 atom stereocenters. The van der Waals surface area contributed by atoms with Crippen molar-refractivity contribution >= 4 is 54.4 Å². The van der Waals surface area contributed by atoms with Crippen LogP contribution in [0.1, 0.15) is 11.4 Å². The quantitative estimate of drug-likeness (QED) is 0.0405. The molecule has 0 fully saturated rings. The zero-order valence-corrected chi connectivity index (χ0v) is 41.2. The zero-order valence-electron chi connectivity index (χ0n) is 32.4. The van der Waals surface area contributed by atoms with Gasteiger partial charge in [-0.2, -0.15) is 10.2 Å². The molecule has 0 N–H and O–H groups in total. The molecule has 6 rings (SSSR count). The molecule has 1 radical (unpaired) electrons. The summed E-state index contributed by atoms with van der Waals surface area (Å²) in [5.74, 6) is -1.24. The van der Waals surface area contributed by atoms with Gasteiger partial charge >= 0.3 is 106 Å². The van der Waals surface area contributed by atoms with Gasteiger partial charge in [0.2, 0.25) is 0 Å². The number of aryl methyl sites for hydroxylation is 2. The Morgan fingerprint density at radius 3 is 1.13 bits per heavy atom. The summed E-state index contributed by atoms with van der Waals surface area (Å²) < 4.78 is 67.7. The number of nitrogens with zero attached hydrogens (tertiary/aromatic N) is 10. The summed E-state index contributed by atoms with van der Waals surface area (Å²) in [5, 5.41) is 67.8. The summed E-state index contributed by atoms with van der Waals surface area (Å²) in [5.41, 5.74) is -2.58. The van der Waals surface area contributed by atoms with Crippen molar-refractivity contribution in [3.63, 3.8) is 0 Å². The monoisotopic (exact) mass is 957 g/mol. The van der Waals surface area contributed by atoms with Crippen LogP contribution < -0.4 is 120 Å². The second kappa shape index (κ2) is 23.0. The van der Waals surface area contributed by atoms with Gasteiger partial charge < -0.3 is 38.9 Å². The molecule has 2 aromatic heterocycles. The summed E-state index contributed by atoms with van der Waals surface area (Å²) in [7, 11) is -9.27. The molecule has 62 heavy (non-hydrogen) atoms. The Kier molecular flexibility index (Phi) is 20.7. The van der Waals surface area contributed by atoms with Crippen molar-refractivity contribution < 1.29 is 152 Å². The standard InChI is InChI=1S/2C16H13N5O7S.Fe.3Na/c2*1-9-15(18-17-13-8-11(21(24)25)4-7-14(13)22)16(23)20(19-9)10-2-5-12(6-3-10)29(26,27)28;;;;/h2*2-8H,1H3,(H3,17,18,19,22,23,26,27,28);;;;/q;;+3;3*+1/p-6. The van der Waals surface area contributed by atoms with Crippen LogP contribution in [0.3, 0.4) is 0 Å². The average Bonchev–Trinajstić information content (AvgIpc) is 3.61. The molecule has 24 nitrogen and oxygen atoms in total. The maximum absolute atomic E-state index is 12.5. The number of non-ortho nitro benzene ring substituents is 2. The first-order valence-corrected chi connectivity index (χ1v) is 18.4. The normalized spacial score (nSPS) is 11.0. The van der Waals surface area contributed by atoms with Gasteiger partial charge in [-0.1, -0.05) is 37.5 Å². The molecule has 6 aromatic rings. The molecule has 0 aliphatic rings. The molecule has 0 spiro atoms. The number of hydrogen-bond acceptors (Lipinski definition) is 18. The van der Waals surface area contributed by atoms with Gasteiger partial charge in [0.25, 0.3) is 22.5 Å². The SMILES string of the molecule is Cc1[n-]n(-c2ccc(S(=O)(=O)[O-])cc2)c(=O)c1N=Nc1cc([N+](=O)[O-])ccc1[O-].Cc1[n-]n(-c2ccc(S(=O)(=O)[O-])cc2)c(=O)c1N=Nc1cc([N+](=O)[O-])ccc1[O-].[Fe+3].[Na+].[Na+].[Na+]. The van der Waals surface area contributed by atoms with E-state index in [9.17, 15) is 66.0 Å². The molecular formula is C32H20FeN10Na3O14S2. The number of aromatic nitrogens is 4. The molecule has 305 valence electrons. The van der Waals surface area contributed by atoms with Crippen LogP contribution in [0.4, 0.5) is 34.1 Å². The van der Waals surface area contributed by atoms with Crippen LogP contribution in [0.15, 0.2) is 125 Å². The van der Waals surface area contributed by atoms with E-state index >= 15 is 0 Å². The minimum Gasteiger partial charge on any atom is -0.871 e. The third kappa shape index (κ3) is 13.4. The first-order chi connectivity index (χ1) is 27.1. The number of nitro groups is 2. The van der Waals surface area contributed by atoms with Crippen molar-refractivity contribution in [1.82, 2.24) is 19.6 Å². The van der Waals surface area contributed by atoms with Crippen molar-refractivity contribution in [2.45, 2.75) is 23.6 Å². The van der Waals surface area contributed by atoms with Gasteiger partial charge in [-0.25, -0.2) is 16.8 Å². The number of rotatable bonds is 10. The molecule has 0 amide bonds. The fourth-order valence-corrected chi connectivity index (χ4v) is 5.63. The van der Waals surface area contributed by atoms with Crippen molar-refractivity contribution in [3.8, 4) is 22.9 Å². The maximum atomic E-state index is 12.5. The zero-order chi connectivity index (χ0) is 42.7. The van der Waals surface area contributed by atoms with E-state index in [0.717, 1.165) is 70.0 Å². The van der Waals surface area contributed by atoms with Gasteiger partial charge in [0.15, 0.2) is 0 Å². The largest absolute Gasteiger partial charge is 3.00 e. The first-order valence-electron chi connectivity index (χ1n) is 15.6. The first kappa shape index (κ1) is 55.9. The maximum Gasteiger partial charge on any atom is 3.00 e. The van der Waals surface area contributed by atoms with E-state index in [2.05, 4.69) is 30.7 Å². The fourth-order valence-electron chi connectivity index (χ4n) is 4.69. The van der Waals surface area contributed by atoms with E-state index < -0.39 is 62.5 Å². The van der Waals surface area contributed by atoms with Crippen LogP contribution in [0.25, 0.3) is 11.4 Å². The number of hydrogen-bond donors (Lipinski definition) is 0. The summed E-state index contributed by atoms with van der Waals surface area (Å²) >= 11 is 0. The van der Waals surface area contributed by atoms with Crippen LogP contribution in [0.5, 0.6) is 11.5 Å². The van der Waals surface area contributed by atoms with Crippen LogP contribution in [-0.4, -0.2) is 45.2 Å². The van der Waals surface area contributed by atoms with Crippen molar-refractivity contribution in [2.75, 3.05) is 0 Å². The van der Waals surface area contributed by atoms with Gasteiger partial charge in [0.05, 0.1) is 31.0 Å². The Balaban J connectivity index is 0.000000582.